The zero-order valence-corrected chi connectivity index (χ0v) is 10.6. The molecule has 6 nitrogen and oxygen atoms in total. The highest BCUT2D eigenvalue weighted by Gasteiger charge is 2.10. The van der Waals surface area contributed by atoms with Crippen LogP contribution < -0.4 is 10.1 Å². The molecule has 0 atom stereocenters. The van der Waals surface area contributed by atoms with Crippen molar-refractivity contribution in [1.82, 2.24) is 19.9 Å². The molecule has 0 saturated carbocycles. The lowest BCUT2D eigenvalue weighted by Gasteiger charge is -2.13. The summed E-state index contributed by atoms with van der Waals surface area (Å²) in [4.78, 5) is 16.8. The third kappa shape index (κ3) is 2.71. The van der Waals surface area contributed by atoms with E-state index in [1.165, 1.54) is 0 Å². The molecule has 0 spiro atoms. The van der Waals surface area contributed by atoms with Crippen LogP contribution in [0.4, 0.5) is 5.82 Å². The molecule has 0 unspecified atom stereocenters. The molecule has 6 heteroatoms. The van der Waals surface area contributed by atoms with Gasteiger partial charge in [0.15, 0.2) is 17.4 Å². The minimum absolute atomic E-state index is 0.253. The van der Waals surface area contributed by atoms with Crippen LogP contribution in [0.25, 0.3) is 11.5 Å². The molecule has 0 aliphatic heterocycles. The minimum Gasteiger partial charge on any atom is -0.491 e. The molecule has 0 aliphatic rings. The van der Waals surface area contributed by atoms with Crippen LogP contribution in [-0.2, 0) is 0 Å². The zero-order valence-electron chi connectivity index (χ0n) is 10.6. The molecular weight excluding hydrogens is 230 g/mol. The summed E-state index contributed by atoms with van der Waals surface area (Å²) in [7, 11) is 1.59. The van der Waals surface area contributed by atoms with Crippen LogP contribution >= 0.6 is 0 Å². The second-order valence-electron chi connectivity index (χ2n) is 4.00. The van der Waals surface area contributed by atoms with E-state index in [9.17, 15) is 0 Å². The lowest BCUT2D eigenvalue weighted by molar-refractivity contribution is 0.412. The topological polar surface area (TPSA) is 72.8 Å². The molecule has 2 heterocycles. The van der Waals surface area contributed by atoms with Crippen molar-refractivity contribution >= 4 is 5.82 Å². The van der Waals surface area contributed by atoms with Crippen LogP contribution in [0.2, 0.25) is 0 Å². The maximum atomic E-state index is 5.21. The van der Waals surface area contributed by atoms with E-state index >= 15 is 0 Å². The van der Waals surface area contributed by atoms with Crippen molar-refractivity contribution in [3.8, 4) is 17.3 Å². The maximum absolute atomic E-state index is 5.21. The summed E-state index contributed by atoms with van der Waals surface area (Å²) in [6.07, 6.45) is 6.47. The average Bonchev–Trinajstić information content (AvgIpc) is 2.39. The van der Waals surface area contributed by atoms with Gasteiger partial charge in [-0.05, 0) is 13.8 Å². The average molecular weight is 245 g/mol. The molecule has 2 aromatic rings. The van der Waals surface area contributed by atoms with Crippen LogP contribution in [0.1, 0.15) is 13.8 Å². The van der Waals surface area contributed by atoms with E-state index in [0.717, 1.165) is 0 Å². The van der Waals surface area contributed by atoms with Gasteiger partial charge in [0.25, 0.3) is 0 Å². The van der Waals surface area contributed by atoms with Crippen molar-refractivity contribution in [2.45, 2.75) is 19.9 Å². The number of aromatic nitrogens is 4. The molecular formula is C12H15N5O. The number of nitrogens with zero attached hydrogens (tertiary/aromatic N) is 4. The summed E-state index contributed by atoms with van der Waals surface area (Å²) >= 11 is 0. The van der Waals surface area contributed by atoms with Gasteiger partial charge in [0.1, 0.15) is 5.69 Å². The summed E-state index contributed by atoms with van der Waals surface area (Å²) in [6.45, 7) is 4.06. The lowest BCUT2D eigenvalue weighted by Crippen LogP contribution is -2.13. The number of hydrogen-bond donors (Lipinski definition) is 1. The van der Waals surface area contributed by atoms with Crippen molar-refractivity contribution in [2.24, 2.45) is 0 Å². The molecule has 0 aromatic carbocycles. The molecule has 0 radical (unpaired) electrons. The standard InChI is InChI=1S/C12H15N5O/c1-8(2)16-12-10(18-3)7-15-11(17-12)9-6-13-4-5-14-9/h4-8H,1-3H3,(H,15,16,17). The Hall–Kier alpha value is -2.24. The van der Waals surface area contributed by atoms with Crippen LogP contribution in [0.3, 0.4) is 0 Å². The Kier molecular flexibility index (Phi) is 3.66. The highest BCUT2D eigenvalue weighted by molar-refractivity contribution is 5.56. The van der Waals surface area contributed by atoms with E-state index in [2.05, 4.69) is 25.3 Å². The molecule has 0 aliphatic carbocycles. The third-order valence-corrected chi connectivity index (χ3v) is 2.19. The predicted octanol–water partition coefficient (Wildman–Crippen LogP) is 1.76. The van der Waals surface area contributed by atoms with Gasteiger partial charge in [-0.25, -0.2) is 15.0 Å². The first-order valence-electron chi connectivity index (χ1n) is 5.64. The van der Waals surface area contributed by atoms with Gasteiger partial charge in [-0.15, -0.1) is 0 Å². The molecule has 2 rings (SSSR count). The quantitative estimate of drug-likeness (QED) is 0.884. The molecule has 94 valence electrons. The lowest BCUT2D eigenvalue weighted by atomic mass is 10.3. The Labute approximate surface area is 105 Å². The van der Waals surface area contributed by atoms with Crippen LogP contribution in [-0.4, -0.2) is 33.1 Å². The first-order chi connectivity index (χ1) is 8.70. The highest BCUT2D eigenvalue weighted by atomic mass is 16.5. The Morgan fingerprint density at radius 3 is 2.61 bits per heavy atom. The fourth-order valence-electron chi connectivity index (χ4n) is 1.43. The second kappa shape index (κ2) is 5.39. The summed E-state index contributed by atoms with van der Waals surface area (Å²) in [5.74, 6) is 1.78. The summed E-state index contributed by atoms with van der Waals surface area (Å²) in [5, 5.41) is 3.21. The van der Waals surface area contributed by atoms with E-state index in [4.69, 9.17) is 4.74 Å². The summed E-state index contributed by atoms with van der Waals surface area (Å²) in [6, 6.07) is 0.253. The van der Waals surface area contributed by atoms with Gasteiger partial charge < -0.3 is 10.1 Å². The fourth-order valence-corrected chi connectivity index (χ4v) is 1.43. The Bertz CT molecular complexity index is 515. The molecule has 0 bridgehead atoms. The van der Waals surface area contributed by atoms with Crippen LogP contribution in [0, 0.1) is 0 Å². The highest BCUT2D eigenvalue weighted by Crippen LogP contribution is 2.23. The van der Waals surface area contributed by atoms with E-state index in [0.29, 0.717) is 23.1 Å². The number of rotatable bonds is 4. The fraction of sp³-hybridized carbons (Fsp3) is 0.333. The molecule has 0 amide bonds. The summed E-state index contributed by atoms with van der Waals surface area (Å²) < 4.78 is 5.21. The normalized spacial score (nSPS) is 10.4. The maximum Gasteiger partial charge on any atom is 0.182 e. The Morgan fingerprint density at radius 2 is 2.00 bits per heavy atom. The van der Waals surface area contributed by atoms with Gasteiger partial charge in [-0.3, -0.25) is 4.98 Å². The monoisotopic (exact) mass is 245 g/mol. The zero-order chi connectivity index (χ0) is 13.0. The Morgan fingerprint density at radius 1 is 1.17 bits per heavy atom. The number of ether oxygens (including phenoxy) is 1. The second-order valence-corrected chi connectivity index (χ2v) is 4.00. The molecule has 0 fully saturated rings. The van der Waals surface area contributed by atoms with Crippen LogP contribution in [0.15, 0.2) is 24.8 Å². The van der Waals surface area contributed by atoms with E-state index in [-0.39, 0.29) is 6.04 Å². The minimum atomic E-state index is 0.253. The smallest absolute Gasteiger partial charge is 0.182 e. The molecule has 18 heavy (non-hydrogen) atoms. The van der Waals surface area contributed by atoms with E-state index in [1.54, 1.807) is 31.9 Å². The molecule has 1 N–H and O–H groups in total. The van der Waals surface area contributed by atoms with Crippen LogP contribution in [0.5, 0.6) is 5.75 Å². The van der Waals surface area contributed by atoms with Gasteiger partial charge in [0, 0.05) is 18.4 Å². The SMILES string of the molecule is COc1cnc(-c2cnccn2)nc1NC(C)C. The predicted molar refractivity (Wildman–Crippen MR) is 68.4 cm³/mol. The first-order valence-corrected chi connectivity index (χ1v) is 5.64. The first kappa shape index (κ1) is 12.2. The van der Waals surface area contributed by atoms with E-state index < -0.39 is 0 Å². The number of anilines is 1. The van der Waals surface area contributed by atoms with Crippen molar-refractivity contribution in [1.29, 1.82) is 0 Å². The number of nitrogens with one attached hydrogen (secondary N) is 1. The van der Waals surface area contributed by atoms with Gasteiger partial charge in [0.2, 0.25) is 0 Å². The van der Waals surface area contributed by atoms with Gasteiger partial charge >= 0.3 is 0 Å². The van der Waals surface area contributed by atoms with Crippen molar-refractivity contribution in [2.75, 3.05) is 12.4 Å². The number of hydrogen-bond acceptors (Lipinski definition) is 6. The molecule has 0 saturated heterocycles. The summed E-state index contributed by atoms with van der Waals surface area (Å²) in [5.41, 5.74) is 0.631. The van der Waals surface area contributed by atoms with Crippen molar-refractivity contribution < 1.29 is 4.74 Å². The Balaban J connectivity index is 2.39. The van der Waals surface area contributed by atoms with Gasteiger partial charge in [-0.2, -0.15) is 0 Å². The van der Waals surface area contributed by atoms with Crippen molar-refractivity contribution in [3.63, 3.8) is 0 Å². The molecule has 2 aromatic heterocycles. The van der Waals surface area contributed by atoms with Gasteiger partial charge in [-0.1, -0.05) is 0 Å². The van der Waals surface area contributed by atoms with Crippen molar-refractivity contribution in [3.05, 3.63) is 24.8 Å². The number of methoxy groups -OCH3 is 1. The largest absolute Gasteiger partial charge is 0.491 e. The third-order valence-electron chi connectivity index (χ3n) is 2.19. The van der Waals surface area contributed by atoms with Gasteiger partial charge in [0.05, 0.1) is 19.5 Å². The van der Waals surface area contributed by atoms with E-state index in [1.807, 2.05) is 13.8 Å².